The molecule has 0 aliphatic rings. The lowest BCUT2D eigenvalue weighted by Crippen LogP contribution is -2.55. The van der Waals surface area contributed by atoms with Gasteiger partial charge in [-0.05, 0) is 32.1 Å². The van der Waals surface area contributed by atoms with Crippen molar-refractivity contribution in [1.29, 1.82) is 0 Å². The first-order valence-electron chi connectivity index (χ1n) is 11.4. The molecule has 0 heterocycles. The molecule has 0 saturated carbocycles. The lowest BCUT2D eigenvalue weighted by atomic mass is 10.0. The lowest BCUT2D eigenvalue weighted by molar-refractivity contribution is -0.910. The first-order chi connectivity index (χ1) is 12.8. The Morgan fingerprint density at radius 2 is 1.22 bits per heavy atom. The number of rotatable bonds is 18. The van der Waals surface area contributed by atoms with Gasteiger partial charge in [0.05, 0.1) is 21.1 Å². The number of nitrogens with zero attached hydrogens (tertiary/aromatic N) is 1. The van der Waals surface area contributed by atoms with E-state index in [2.05, 4.69) is 19.1 Å². The van der Waals surface area contributed by atoms with E-state index in [1.165, 1.54) is 64.2 Å². The van der Waals surface area contributed by atoms with Gasteiger partial charge >= 0.3 is 8.03 Å². The first-order valence-corrected chi connectivity index (χ1v) is 12.6. The average Bonchev–Trinajstić information content (AvgIpc) is 2.60. The number of hydrogen-bond donors (Lipinski definition) is 0. The Bertz CT molecular complexity index is 404. The van der Waals surface area contributed by atoms with Crippen LogP contribution in [0.15, 0.2) is 12.2 Å². The predicted molar refractivity (Wildman–Crippen MR) is 118 cm³/mol. The van der Waals surface area contributed by atoms with Crippen LogP contribution in [0.5, 0.6) is 0 Å². The predicted octanol–water partition coefficient (Wildman–Crippen LogP) is 6.94. The Morgan fingerprint density at radius 1 is 0.778 bits per heavy atom. The molecule has 0 rings (SSSR count). The maximum Gasteiger partial charge on any atom is 0.376 e. The van der Waals surface area contributed by atoms with E-state index in [9.17, 15) is 9.46 Å². The van der Waals surface area contributed by atoms with Crippen LogP contribution in [-0.2, 0) is 4.57 Å². The summed E-state index contributed by atoms with van der Waals surface area (Å²) in [6, 6.07) is 0. The quantitative estimate of drug-likeness (QED) is 0.108. The topological polar surface area (TPSA) is 40.1 Å². The zero-order valence-electron chi connectivity index (χ0n) is 19.0. The van der Waals surface area contributed by atoms with Gasteiger partial charge in [-0.3, -0.25) is 4.48 Å². The molecule has 0 N–H and O–H groups in total. The molecular weight excluding hydrogens is 353 g/mol. The van der Waals surface area contributed by atoms with Crippen molar-refractivity contribution in [3.63, 3.8) is 0 Å². The molecule has 0 radical (unpaired) electrons. The molecule has 0 spiro atoms. The van der Waals surface area contributed by atoms with Crippen LogP contribution < -0.4 is 4.89 Å². The maximum absolute atomic E-state index is 11.9. The molecule has 0 aliphatic carbocycles. The first kappa shape index (κ1) is 26.8. The van der Waals surface area contributed by atoms with Gasteiger partial charge in [-0.2, -0.15) is 0 Å². The van der Waals surface area contributed by atoms with Gasteiger partial charge in [0, 0.05) is 12.8 Å². The molecule has 2 unspecified atom stereocenters. The van der Waals surface area contributed by atoms with Crippen molar-refractivity contribution < 1.29 is 13.9 Å². The third-order valence-electron chi connectivity index (χ3n) is 5.99. The van der Waals surface area contributed by atoms with Crippen LogP contribution in [0.25, 0.3) is 0 Å². The minimum Gasteiger partial charge on any atom is -0.590 e. The standard InChI is InChI=1S/C23H47NO2P/c1-6-8-9-10-11-12-13-14-15-16-17-18-19-20-21-22-23(7-2,27(25)26)24(3,4)5/h17-18H,6-16,19-22H2,1-5H3/q+1. The van der Waals surface area contributed by atoms with Crippen molar-refractivity contribution in [3.05, 3.63) is 12.2 Å². The fraction of sp³-hybridized carbons (Fsp3) is 0.913. The lowest BCUT2D eigenvalue weighted by Gasteiger charge is -2.39. The van der Waals surface area contributed by atoms with E-state index in [0.29, 0.717) is 10.9 Å². The summed E-state index contributed by atoms with van der Waals surface area (Å²) in [5, 5.41) is -0.615. The van der Waals surface area contributed by atoms with Crippen LogP contribution in [0, 0.1) is 0 Å². The molecule has 2 atom stereocenters. The van der Waals surface area contributed by atoms with Crippen molar-refractivity contribution >= 4 is 8.03 Å². The Labute approximate surface area is 171 Å². The van der Waals surface area contributed by atoms with Crippen LogP contribution in [0.3, 0.4) is 0 Å². The monoisotopic (exact) mass is 400 g/mol. The van der Waals surface area contributed by atoms with Crippen molar-refractivity contribution in [3.8, 4) is 0 Å². The van der Waals surface area contributed by atoms with Crippen molar-refractivity contribution in [2.75, 3.05) is 21.1 Å². The third-order valence-corrected chi connectivity index (χ3v) is 7.81. The molecule has 0 aromatic heterocycles. The second kappa shape index (κ2) is 15.7. The number of quaternary nitrogens is 1. The van der Waals surface area contributed by atoms with E-state index in [1.54, 1.807) is 0 Å². The third kappa shape index (κ3) is 11.4. The van der Waals surface area contributed by atoms with Crippen LogP contribution in [-0.4, -0.2) is 30.9 Å². The highest BCUT2D eigenvalue weighted by Gasteiger charge is 2.52. The summed E-state index contributed by atoms with van der Waals surface area (Å²) in [6.07, 6.45) is 22.8. The molecule has 0 aromatic rings. The van der Waals surface area contributed by atoms with Crippen LogP contribution in [0.1, 0.15) is 110 Å². The molecule has 0 aromatic carbocycles. The van der Waals surface area contributed by atoms with Crippen molar-refractivity contribution in [2.45, 2.75) is 115 Å². The van der Waals surface area contributed by atoms with Gasteiger partial charge in [0.2, 0.25) is 0 Å². The molecular formula is C23H47NO2P+. The Hall–Kier alpha value is -0.240. The zero-order chi connectivity index (χ0) is 20.6. The van der Waals surface area contributed by atoms with Gasteiger partial charge in [-0.1, -0.05) is 81.9 Å². The van der Waals surface area contributed by atoms with E-state index in [1.807, 2.05) is 28.1 Å². The Balaban J connectivity index is 3.74. The summed E-state index contributed by atoms with van der Waals surface area (Å²) in [4.78, 5) is 11.9. The van der Waals surface area contributed by atoms with E-state index in [0.717, 1.165) is 25.7 Å². The highest BCUT2D eigenvalue weighted by molar-refractivity contribution is 7.38. The molecule has 3 nitrogen and oxygen atoms in total. The highest BCUT2D eigenvalue weighted by Crippen LogP contribution is 2.44. The summed E-state index contributed by atoms with van der Waals surface area (Å²) in [5.74, 6) is 0. The molecule has 0 amide bonds. The van der Waals surface area contributed by atoms with Gasteiger partial charge in [0.1, 0.15) is 0 Å². The second-order valence-corrected chi connectivity index (χ2v) is 10.3. The van der Waals surface area contributed by atoms with Gasteiger partial charge in [-0.25, -0.2) is 0 Å². The molecule has 27 heavy (non-hydrogen) atoms. The smallest absolute Gasteiger partial charge is 0.376 e. The summed E-state index contributed by atoms with van der Waals surface area (Å²) >= 11 is 0. The van der Waals surface area contributed by atoms with Gasteiger partial charge in [0.25, 0.3) is 5.28 Å². The van der Waals surface area contributed by atoms with Crippen LogP contribution >= 0.6 is 8.03 Å². The summed E-state index contributed by atoms with van der Waals surface area (Å²) in [5.41, 5.74) is 0. The van der Waals surface area contributed by atoms with E-state index < -0.39 is 13.3 Å². The van der Waals surface area contributed by atoms with Crippen molar-refractivity contribution in [1.82, 2.24) is 0 Å². The van der Waals surface area contributed by atoms with Gasteiger partial charge < -0.3 is 4.89 Å². The van der Waals surface area contributed by atoms with Gasteiger partial charge in [-0.15, -0.1) is 0 Å². The minimum atomic E-state index is -2.42. The fourth-order valence-electron chi connectivity index (χ4n) is 3.93. The second-order valence-electron chi connectivity index (χ2n) is 8.94. The highest BCUT2D eigenvalue weighted by atomic mass is 31.1. The van der Waals surface area contributed by atoms with E-state index in [-0.39, 0.29) is 0 Å². The molecule has 0 fully saturated rings. The molecule has 0 aliphatic heterocycles. The summed E-state index contributed by atoms with van der Waals surface area (Å²) in [7, 11) is 3.57. The van der Waals surface area contributed by atoms with E-state index >= 15 is 0 Å². The summed E-state index contributed by atoms with van der Waals surface area (Å²) in [6.45, 7) is 4.27. The maximum atomic E-state index is 11.9. The molecule has 0 bridgehead atoms. The number of unbranched alkanes of at least 4 members (excludes halogenated alkanes) is 11. The zero-order valence-corrected chi connectivity index (χ0v) is 19.9. The number of allylic oxidation sites excluding steroid dienone is 2. The normalized spacial score (nSPS) is 15.3. The fourth-order valence-corrected chi connectivity index (χ4v) is 5.02. The SMILES string of the molecule is CCCCCCCCCCCC=CCCCCC(CC)([P+](=O)[O-])[N+](C)(C)C. The minimum absolute atomic E-state index is 0.497. The number of hydrogen-bond acceptors (Lipinski definition) is 2. The summed E-state index contributed by atoms with van der Waals surface area (Å²) < 4.78 is 12.4. The molecule has 0 saturated heterocycles. The molecule has 160 valence electrons. The van der Waals surface area contributed by atoms with Gasteiger partial charge in [0.15, 0.2) is 0 Å². The average molecular weight is 401 g/mol. The van der Waals surface area contributed by atoms with Crippen molar-refractivity contribution in [2.24, 2.45) is 0 Å². The Kier molecular flexibility index (Phi) is 15.5. The Morgan fingerprint density at radius 3 is 1.63 bits per heavy atom. The largest absolute Gasteiger partial charge is 0.590 e. The van der Waals surface area contributed by atoms with E-state index in [4.69, 9.17) is 0 Å². The van der Waals surface area contributed by atoms with Crippen LogP contribution in [0.2, 0.25) is 0 Å². The van der Waals surface area contributed by atoms with Crippen LogP contribution in [0.4, 0.5) is 0 Å². The molecule has 4 heteroatoms.